The van der Waals surface area contributed by atoms with E-state index in [2.05, 4.69) is 15.2 Å². The molecule has 0 spiro atoms. The number of aryl methyl sites for hydroxylation is 1. The van der Waals surface area contributed by atoms with Crippen molar-refractivity contribution in [3.8, 4) is 0 Å². The van der Waals surface area contributed by atoms with Crippen molar-refractivity contribution in [2.24, 2.45) is 0 Å². The van der Waals surface area contributed by atoms with Crippen molar-refractivity contribution < 1.29 is 19.1 Å². The number of hydrogen-bond donors (Lipinski definition) is 2. The zero-order valence-corrected chi connectivity index (χ0v) is 17.0. The van der Waals surface area contributed by atoms with Crippen LogP contribution in [0.1, 0.15) is 58.3 Å². The van der Waals surface area contributed by atoms with Crippen LogP contribution >= 0.6 is 0 Å². The van der Waals surface area contributed by atoms with Gasteiger partial charge in [0.15, 0.2) is 0 Å². The Morgan fingerprint density at radius 3 is 2.43 bits per heavy atom. The van der Waals surface area contributed by atoms with E-state index >= 15 is 0 Å². The van der Waals surface area contributed by atoms with E-state index in [1.165, 1.54) is 7.11 Å². The molecule has 28 heavy (non-hydrogen) atoms. The average molecular weight is 390 g/mol. The largest absolute Gasteiger partial charge is 0.465 e. The number of nitrogens with zero attached hydrogens (tertiary/aromatic N) is 2. The summed E-state index contributed by atoms with van der Waals surface area (Å²) in [4.78, 5) is 44.2. The molecule has 2 aliphatic rings. The van der Waals surface area contributed by atoms with Crippen molar-refractivity contribution in [1.82, 2.24) is 20.1 Å². The van der Waals surface area contributed by atoms with Crippen molar-refractivity contribution in [1.29, 1.82) is 0 Å². The molecule has 3 rings (SSSR count). The molecule has 0 radical (unpaired) electrons. The van der Waals surface area contributed by atoms with Gasteiger partial charge < -0.3 is 19.9 Å². The number of hydrogen-bond acceptors (Lipinski definition) is 5. The number of carbonyl (C=O) groups excluding carboxylic acids is 3. The topological polar surface area (TPSA) is 94.7 Å². The van der Waals surface area contributed by atoms with Gasteiger partial charge in [-0.15, -0.1) is 0 Å². The van der Waals surface area contributed by atoms with Crippen molar-refractivity contribution in [2.45, 2.75) is 45.6 Å². The monoisotopic (exact) mass is 390 g/mol. The number of methoxy groups -OCH3 is 1. The maximum absolute atomic E-state index is 13.1. The van der Waals surface area contributed by atoms with Crippen LogP contribution in [0.3, 0.4) is 0 Å². The summed E-state index contributed by atoms with van der Waals surface area (Å²) in [5, 5.41) is 3.00. The molecule has 0 unspecified atom stereocenters. The van der Waals surface area contributed by atoms with E-state index in [0.717, 1.165) is 24.8 Å². The zero-order valence-electron chi connectivity index (χ0n) is 17.0. The highest BCUT2D eigenvalue weighted by molar-refractivity contribution is 6.00. The van der Waals surface area contributed by atoms with Crippen molar-refractivity contribution in [3.05, 3.63) is 22.5 Å². The molecule has 0 atom stereocenters. The number of piperazine rings is 1. The number of ether oxygens (including phenoxy) is 1. The lowest BCUT2D eigenvalue weighted by molar-refractivity contribution is -0.122. The number of esters is 1. The molecule has 8 heteroatoms. The second kappa shape index (κ2) is 8.77. The Morgan fingerprint density at radius 2 is 1.86 bits per heavy atom. The minimum absolute atomic E-state index is 0.0650. The molecule has 1 aliphatic carbocycles. The number of rotatable bonds is 7. The van der Waals surface area contributed by atoms with E-state index in [9.17, 15) is 14.4 Å². The summed E-state index contributed by atoms with van der Waals surface area (Å²) < 4.78 is 4.90. The van der Waals surface area contributed by atoms with E-state index in [0.29, 0.717) is 62.1 Å². The number of nitrogens with one attached hydrogen (secondary N) is 2. The number of amides is 2. The van der Waals surface area contributed by atoms with Crippen LogP contribution in [0.2, 0.25) is 0 Å². The first-order valence-electron chi connectivity index (χ1n) is 10.0. The first kappa shape index (κ1) is 20.4. The Morgan fingerprint density at radius 1 is 1.18 bits per heavy atom. The molecular formula is C20H30N4O4. The Kier molecular flexibility index (Phi) is 6.39. The van der Waals surface area contributed by atoms with Crippen LogP contribution < -0.4 is 5.32 Å². The summed E-state index contributed by atoms with van der Waals surface area (Å²) in [5.41, 5.74) is 2.36. The van der Waals surface area contributed by atoms with Crippen LogP contribution in [0.4, 0.5) is 0 Å². The summed E-state index contributed by atoms with van der Waals surface area (Å²) >= 11 is 0. The number of H-pyrrole nitrogens is 1. The zero-order chi connectivity index (χ0) is 20.3. The van der Waals surface area contributed by atoms with Gasteiger partial charge in [-0.25, -0.2) is 4.79 Å². The number of aromatic amines is 1. The predicted molar refractivity (Wildman–Crippen MR) is 104 cm³/mol. The molecule has 8 nitrogen and oxygen atoms in total. The van der Waals surface area contributed by atoms with E-state index in [4.69, 9.17) is 4.74 Å². The van der Waals surface area contributed by atoms with Gasteiger partial charge in [-0.3, -0.25) is 14.5 Å². The Labute approximate surface area is 165 Å². The third-order valence-corrected chi connectivity index (χ3v) is 5.36. The van der Waals surface area contributed by atoms with Gasteiger partial charge in [-0.1, -0.05) is 13.3 Å². The van der Waals surface area contributed by atoms with Gasteiger partial charge in [0.2, 0.25) is 5.91 Å². The second-order valence-electron chi connectivity index (χ2n) is 7.63. The van der Waals surface area contributed by atoms with Crippen LogP contribution in [-0.2, 0) is 16.0 Å². The molecule has 1 aliphatic heterocycles. The SMILES string of the molecule is CCCc1c(C(=O)N2CCN(CC(=O)NC3CC3)CC2)[nH]c(C)c1C(=O)OC. The first-order chi connectivity index (χ1) is 13.4. The van der Waals surface area contributed by atoms with E-state index in [1.807, 2.05) is 6.92 Å². The van der Waals surface area contributed by atoms with Crippen LogP contribution in [0.25, 0.3) is 0 Å². The highest BCUT2D eigenvalue weighted by Gasteiger charge is 2.30. The van der Waals surface area contributed by atoms with E-state index < -0.39 is 5.97 Å². The summed E-state index contributed by atoms with van der Waals surface area (Å²) in [6.07, 6.45) is 3.62. The molecule has 1 aromatic heterocycles. The van der Waals surface area contributed by atoms with Crippen molar-refractivity contribution in [2.75, 3.05) is 39.8 Å². The smallest absolute Gasteiger partial charge is 0.339 e. The predicted octanol–water partition coefficient (Wildman–Crippen LogP) is 1.10. The first-order valence-corrected chi connectivity index (χ1v) is 10.0. The molecule has 2 heterocycles. The van der Waals surface area contributed by atoms with Crippen LogP contribution in [0.5, 0.6) is 0 Å². The van der Waals surface area contributed by atoms with Gasteiger partial charge in [-0.05, 0) is 31.7 Å². The number of carbonyl (C=O) groups is 3. The highest BCUT2D eigenvalue weighted by Crippen LogP contribution is 2.23. The van der Waals surface area contributed by atoms with Gasteiger partial charge in [-0.2, -0.15) is 0 Å². The fraction of sp³-hybridized carbons (Fsp3) is 0.650. The van der Waals surface area contributed by atoms with Gasteiger partial charge >= 0.3 is 5.97 Å². The highest BCUT2D eigenvalue weighted by atomic mass is 16.5. The number of aromatic nitrogens is 1. The summed E-state index contributed by atoms with van der Waals surface area (Å²) in [7, 11) is 1.35. The van der Waals surface area contributed by atoms with Gasteiger partial charge in [0.05, 0.1) is 19.2 Å². The van der Waals surface area contributed by atoms with Gasteiger partial charge in [0.1, 0.15) is 5.69 Å². The summed E-state index contributed by atoms with van der Waals surface area (Å²) in [5.74, 6) is -0.443. The van der Waals surface area contributed by atoms with E-state index in [1.54, 1.807) is 11.8 Å². The van der Waals surface area contributed by atoms with Crippen LogP contribution in [0.15, 0.2) is 0 Å². The molecule has 1 aromatic rings. The quantitative estimate of drug-likeness (QED) is 0.680. The summed E-state index contributed by atoms with van der Waals surface area (Å²) in [6, 6.07) is 0.368. The molecule has 0 aromatic carbocycles. The molecule has 2 fully saturated rings. The average Bonchev–Trinajstić information content (AvgIpc) is 3.43. The van der Waals surface area contributed by atoms with E-state index in [-0.39, 0.29) is 11.8 Å². The third-order valence-electron chi connectivity index (χ3n) is 5.36. The third kappa shape index (κ3) is 4.55. The Balaban J connectivity index is 1.64. The molecule has 154 valence electrons. The van der Waals surface area contributed by atoms with Crippen LogP contribution in [0, 0.1) is 6.92 Å². The lowest BCUT2D eigenvalue weighted by atomic mass is 10.0. The normalized spacial score (nSPS) is 17.5. The summed E-state index contributed by atoms with van der Waals surface area (Å²) in [6.45, 7) is 6.64. The lowest BCUT2D eigenvalue weighted by Gasteiger charge is -2.34. The molecule has 2 amide bonds. The van der Waals surface area contributed by atoms with Crippen molar-refractivity contribution in [3.63, 3.8) is 0 Å². The lowest BCUT2D eigenvalue weighted by Crippen LogP contribution is -2.51. The maximum Gasteiger partial charge on any atom is 0.339 e. The molecule has 2 N–H and O–H groups in total. The van der Waals surface area contributed by atoms with Crippen molar-refractivity contribution >= 4 is 17.8 Å². The fourth-order valence-corrected chi connectivity index (χ4v) is 3.71. The Bertz CT molecular complexity index is 746. The molecule has 1 saturated heterocycles. The standard InChI is InChI=1S/C20H30N4O4/c1-4-5-15-17(20(27)28-3)13(2)21-18(15)19(26)24-10-8-23(9-11-24)12-16(25)22-14-6-7-14/h14,21H,4-12H2,1-3H3,(H,22,25). The minimum atomic E-state index is -0.414. The molecule has 0 bridgehead atoms. The van der Waals surface area contributed by atoms with Gasteiger partial charge in [0, 0.05) is 37.9 Å². The van der Waals surface area contributed by atoms with Crippen LogP contribution in [-0.4, -0.2) is 78.4 Å². The fourth-order valence-electron chi connectivity index (χ4n) is 3.71. The maximum atomic E-state index is 13.1. The molecule has 1 saturated carbocycles. The Hall–Kier alpha value is -2.35. The molecular weight excluding hydrogens is 360 g/mol. The second-order valence-corrected chi connectivity index (χ2v) is 7.63. The van der Waals surface area contributed by atoms with Gasteiger partial charge in [0.25, 0.3) is 5.91 Å². The minimum Gasteiger partial charge on any atom is -0.465 e.